The fourth-order valence-electron chi connectivity index (χ4n) is 2.26. The molecule has 0 atom stereocenters. The van der Waals surface area contributed by atoms with Gasteiger partial charge >= 0.3 is 5.76 Å². The van der Waals surface area contributed by atoms with E-state index in [9.17, 15) is 18.0 Å². The van der Waals surface area contributed by atoms with E-state index in [1.54, 1.807) is 18.2 Å². The van der Waals surface area contributed by atoms with E-state index in [0.717, 1.165) is 4.31 Å². The Morgan fingerprint density at radius 2 is 1.80 bits per heavy atom. The lowest BCUT2D eigenvalue weighted by Crippen LogP contribution is -2.22. The summed E-state index contributed by atoms with van der Waals surface area (Å²) in [6.07, 6.45) is 0. The Bertz CT molecular complexity index is 1090. The fraction of sp³-hybridized carbons (Fsp3) is 0.125. The maximum absolute atomic E-state index is 12.4. The molecule has 3 rings (SSSR count). The van der Waals surface area contributed by atoms with Crippen molar-refractivity contribution in [3.8, 4) is 0 Å². The first kappa shape index (κ1) is 16.9. The number of amides is 1. The molecule has 1 heterocycles. The van der Waals surface area contributed by atoms with E-state index in [1.165, 1.54) is 38.4 Å². The average molecular weight is 361 g/mol. The van der Waals surface area contributed by atoms with E-state index in [4.69, 9.17) is 4.42 Å². The van der Waals surface area contributed by atoms with Gasteiger partial charge in [0, 0.05) is 19.7 Å². The molecule has 130 valence electrons. The molecule has 8 nitrogen and oxygen atoms in total. The van der Waals surface area contributed by atoms with Gasteiger partial charge in [0.25, 0.3) is 5.91 Å². The number of fused-ring (bicyclic) bond motifs is 1. The largest absolute Gasteiger partial charge is 0.417 e. The second-order valence-electron chi connectivity index (χ2n) is 5.46. The van der Waals surface area contributed by atoms with Gasteiger partial charge in [0.15, 0.2) is 5.58 Å². The van der Waals surface area contributed by atoms with Crippen LogP contribution in [0.15, 0.2) is 56.6 Å². The summed E-state index contributed by atoms with van der Waals surface area (Å²) < 4.78 is 30.1. The van der Waals surface area contributed by atoms with E-state index < -0.39 is 21.7 Å². The van der Waals surface area contributed by atoms with Crippen LogP contribution in [0.5, 0.6) is 0 Å². The quantitative estimate of drug-likeness (QED) is 0.733. The number of sulfonamides is 1. The van der Waals surface area contributed by atoms with Gasteiger partial charge in [-0.25, -0.2) is 17.5 Å². The van der Waals surface area contributed by atoms with Crippen molar-refractivity contribution < 1.29 is 17.6 Å². The number of aromatic amines is 1. The zero-order chi connectivity index (χ0) is 18.2. The van der Waals surface area contributed by atoms with Crippen molar-refractivity contribution in [3.05, 3.63) is 58.6 Å². The van der Waals surface area contributed by atoms with E-state index in [-0.39, 0.29) is 10.5 Å². The van der Waals surface area contributed by atoms with E-state index in [2.05, 4.69) is 10.3 Å². The van der Waals surface area contributed by atoms with Crippen LogP contribution in [0.3, 0.4) is 0 Å². The van der Waals surface area contributed by atoms with Crippen LogP contribution in [0.25, 0.3) is 11.1 Å². The monoisotopic (exact) mass is 361 g/mol. The molecule has 0 saturated carbocycles. The lowest BCUT2D eigenvalue weighted by molar-refractivity contribution is 0.102. The molecule has 2 N–H and O–H groups in total. The third-order valence-corrected chi connectivity index (χ3v) is 5.43. The first-order valence-corrected chi connectivity index (χ1v) is 8.69. The molecule has 2 aromatic carbocycles. The molecule has 0 aliphatic heterocycles. The maximum Gasteiger partial charge on any atom is 0.417 e. The molecule has 0 saturated heterocycles. The van der Waals surface area contributed by atoms with Gasteiger partial charge in [0.2, 0.25) is 10.0 Å². The lowest BCUT2D eigenvalue weighted by Gasteiger charge is -2.11. The first-order chi connectivity index (χ1) is 11.8. The smallest absolute Gasteiger partial charge is 0.408 e. The molecule has 3 aromatic rings. The second kappa shape index (κ2) is 6.19. The standard InChI is InChI=1S/C16H15N3O5S/c1-19(2)25(22,23)11-8-6-10(7-9-11)15(20)17-12-4-3-5-13-14(12)18-16(21)24-13/h3-9H,1-2H3,(H,17,20)(H,18,21). The Balaban J connectivity index is 1.87. The minimum atomic E-state index is -3.55. The number of anilines is 1. The maximum atomic E-state index is 12.4. The predicted molar refractivity (Wildman–Crippen MR) is 92.1 cm³/mol. The Morgan fingerprint density at radius 3 is 2.44 bits per heavy atom. The number of hydrogen-bond donors (Lipinski definition) is 2. The summed E-state index contributed by atoms with van der Waals surface area (Å²) in [6, 6.07) is 10.4. The van der Waals surface area contributed by atoms with E-state index >= 15 is 0 Å². The van der Waals surface area contributed by atoms with Crippen LogP contribution >= 0.6 is 0 Å². The summed E-state index contributed by atoms with van der Waals surface area (Å²) in [5, 5.41) is 2.67. The van der Waals surface area contributed by atoms with Gasteiger partial charge in [-0.05, 0) is 36.4 Å². The Labute approximate surface area is 143 Å². The van der Waals surface area contributed by atoms with Gasteiger partial charge in [-0.2, -0.15) is 0 Å². The number of benzene rings is 2. The highest BCUT2D eigenvalue weighted by Gasteiger charge is 2.18. The highest BCUT2D eigenvalue weighted by atomic mass is 32.2. The van der Waals surface area contributed by atoms with Gasteiger partial charge in [0.1, 0.15) is 5.52 Å². The molecule has 25 heavy (non-hydrogen) atoms. The van der Waals surface area contributed by atoms with Crippen molar-refractivity contribution in [2.24, 2.45) is 0 Å². The van der Waals surface area contributed by atoms with Crippen LogP contribution in [0.2, 0.25) is 0 Å². The third kappa shape index (κ3) is 3.19. The number of rotatable bonds is 4. The number of H-pyrrole nitrogens is 1. The molecular weight excluding hydrogens is 346 g/mol. The fourth-order valence-corrected chi connectivity index (χ4v) is 3.16. The summed E-state index contributed by atoms with van der Waals surface area (Å²) in [5.74, 6) is -1.06. The predicted octanol–water partition coefficient (Wildman–Crippen LogP) is 1.62. The van der Waals surface area contributed by atoms with Crippen LogP contribution in [0.4, 0.5) is 5.69 Å². The number of carbonyl (C=O) groups excluding carboxylic acids is 1. The van der Waals surface area contributed by atoms with Crippen LogP contribution in [-0.4, -0.2) is 37.7 Å². The molecule has 9 heteroatoms. The molecule has 1 aromatic heterocycles. The minimum Gasteiger partial charge on any atom is -0.408 e. The highest BCUT2D eigenvalue weighted by Crippen LogP contribution is 2.21. The molecule has 0 aliphatic rings. The van der Waals surface area contributed by atoms with Crippen molar-refractivity contribution in [1.82, 2.24) is 9.29 Å². The van der Waals surface area contributed by atoms with Crippen LogP contribution in [0, 0.1) is 0 Å². The number of aromatic nitrogens is 1. The summed E-state index contributed by atoms with van der Waals surface area (Å²) in [5.41, 5.74) is 1.38. The van der Waals surface area contributed by atoms with Crippen molar-refractivity contribution in [1.29, 1.82) is 0 Å². The Morgan fingerprint density at radius 1 is 1.12 bits per heavy atom. The zero-order valence-corrected chi connectivity index (χ0v) is 14.3. The summed E-state index contributed by atoms with van der Waals surface area (Å²) in [6.45, 7) is 0. The van der Waals surface area contributed by atoms with Crippen molar-refractivity contribution in [2.75, 3.05) is 19.4 Å². The van der Waals surface area contributed by atoms with Gasteiger partial charge in [-0.15, -0.1) is 0 Å². The van der Waals surface area contributed by atoms with Gasteiger partial charge in [-0.1, -0.05) is 6.07 Å². The molecule has 1 amide bonds. The third-order valence-electron chi connectivity index (χ3n) is 3.60. The highest BCUT2D eigenvalue weighted by molar-refractivity contribution is 7.89. The number of oxazole rings is 1. The van der Waals surface area contributed by atoms with Crippen molar-refractivity contribution in [2.45, 2.75) is 4.90 Å². The van der Waals surface area contributed by atoms with Gasteiger partial charge in [0.05, 0.1) is 10.6 Å². The molecular formula is C16H15N3O5S. The van der Waals surface area contributed by atoms with Crippen LogP contribution < -0.4 is 11.1 Å². The molecule has 0 spiro atoms. The van der Waals surface area contributed by atoms with Gasteiger partial charge in [-0.3, -0.25) is 9.78 Å². The lowest BCUT2D eigenvalue weighted by atomic mass is 10.2. The summed E-state index contributed by atoms with van der Waals surface area (Å²) in [7, 11) is -0.689. The number of nitrogens with zero attached hydrogens (tertiary/aromatic N) is 1. The SMILES string of the molecule is CN(C)S(=O)(=O)c1ccc(C(=O)Nc2cccc3oc(=O)[nH]c23)cc1. The average Bonchev–Trinajstić information content (AvgIpc) is 2.96. The number of nitrogens with one attached hydrogen (secondary N) is 2. The van der Waals surface area contributed by atoms with E-state index in [1.807, 2.05) is 0 Å². The molecule has 0 bridgehead atoms. The summed E-state index contributed by atoms with van der Waals surface area (Å²) >= 11 is 0. The normalized spacial score (nSPS) is 11.8. The molecule has 0 unspecified atom stereocenters. The minimum absolute atomic E-state index is 0.0929. The summed E-state index contributed by atoms with van der Waals surface area (Å²) in [4.78, 5) is 26.2. The van der Waals surface area contributed by atoms with Gasteiger partial charge < -0.3 is 9.73 Å². The molecule has 0 fully saturated rings. The van der Waals surface area contributed by atoms with Crippen molar-refractivity contribution in [3.63, 3.8) is 0 Å². The van der Waals surface area contributed by atoms with Crippen molar-refractivity contribution >= 4 is 32.7 Å². The van der Waals surface area contributed by atoms with Crippen LogP contribution in [0.1, 0.15) is 10.4 Å². The van der Waals surface area contributed by atoms with Crippen LogP contribution in [-0.2, 0) is 10.0 Å². The topological polar surface area (TPSA) is 112 Å². The Hall–Kier alpha value is -2.91. The second-order valence-corrected chi connectivity index (χ2v) is 7.61. The Kier molecular flexibility index (Phi) is 4.19. The molecule has 0 aliphatic carbocycles. The number of para-hydroxylation sites is 1. The number of carbonyl (C=O) groups is 1. The molecule has 0 radical (unpaired) electrons. The first-order valence-electron chi connectivity index (χ1n) is 7.25. The zero-order valence-electron chi connectivity index (χ0n) is 13.4. The van der Waals surface area contributed by atoms with E-state index in [0.29, 0.717) is 16.8 Å². The number of hydrogen-bond acceptors (Lipinski definition) is 5.